The number of aryl methyl sites for hydroxylation is 2. The van der Waals surface area contributed by atoms with Crippen molar-refractivity contribution in [3.05, 3.63) is 17.5 Å². The van der Waals surface area contributed by atoms with Gasteiger partial charge in [-0.15, -0.1) is 0 Å². The van der Waals surface area contributed by atoms with Crippen molar-refractivity contribution in [1.29, 1.82) is 5.26 Å². The fourth-order valence-corrected chi connectivity index (χ4v) is 2.63. The Morgan fingerprint density at radius 2 is 2.38 bits per heavy atom. The van der Waals surface area contributed by atoms with Crippen molar-refractivity contribution in [1.82, 2.24) is 15.1 Å². The Balaban J connectivity index is 2.21. The molecule has 1 aromatic heterocycles. The molecule has 1 aliphatic carbocycles. The molecule has 1 saturated carbocycles. The molecule has 0 aromatic carbocycles. The van der Waals surface area contributed by atoms with Crippen LogP contribution in [0.1, 0.15) is 36.7 Å². The monoisotopic (exact) mass is 218 g/mol. The van der Waals surface area contributed by atoms with Gasteiger partial charge in [-0.3, -0.25) is 4.68 Å². The summed E-state index contributed by atoms with van der Waals surface area (Å²) in [6.45, 7) is 4.08. The van der Waals surface area contributed by atoms with Crippen LogP contribution in [0.4, 0.5) is 0 Å². The van der Waals surface area contributed by atoms with Crippen LogP contribution < -0.4 is 5.32 Å². The molecule has 86 valence electrons. The van der Waals surface area contributed by atoms with E-state index in [2.05, 4.69) is 34.2 Å². The second-order valence-corrected chi connectivity index (χ2v) is 4.71. The smallest absolute Gasteiger partial charge is 0.108 e. The van der Waals surface area contributed by atoms with Crippen molar-refractivity contribution < 1.29 is 0 Å². The van der Waals surface area contributed by atoms with Gasteiger partial charge in [0.1, 0.15) is 5.54 Å². The summed E-state index contributed by atoms with van der Waals surface area (Å²) in [6.07, 6.45) is 2.78. The fraction of sp³-hybridized carbons (Fsp3) is 0.667. The molecule has 4 nitrogen and oxygen atoms in total. The molecular formula is C12H18N4. The predicted octanol–water partition coefficient (Wildman–Crippen LogP) is 1.71. The zero-order valence-corrected chi connectivity index (χ0v) is 10.1. The average Bonchev–Trinajstić information content (AvgIpc) is 2.83. The van der Waals surface area contributed by atoms with E-state index in [1.165, 1.54) is 5.69 Å². The van der Waals surface area contributed by atoms with Crippen LogP contribution in [0.25, 0.3) is 0 Å². The first-order chi connectivity index (χ1) is 7.60. The van der Waals surface area contributed by atoms with Crippen molar-refractivity contribution in [2.75, 3.05) is 7.05 Å². The molecule has 1 aliphatic rings. The Bertz CT molecular complexity index is 429. The SMILES string of the molecule is CNC1(C#N)CCC(n2nc(C)cc2C)C1. The highest BCUT2D eigenvalue weighted by Gasteiger charge is 2.39. The van der Waals surface area contributed by atoms with Gasteiger partial charge in [0.15, 0.2) is 0 Å². The summed E-state index contributed by atoms with van der Waals surface area (Å²) in [5.41, 5.74) is 1.89. The first-order valence-electron chi connectivity index (χ1n) is 5.73. The lowest BCUT2D eigenvalue weighted by Crippen LogP contribution is -2.38. The summed E-state index contributed by atoms with van der Waals surface area (Å²) in [6, 6.07) is 4.85. The number of nitrogens with zero attached hydrogens (tertiary/aromatic N) is 3. The third-order valence-electron chi connectivity index (χ3n) is 3.57. The third kappa shape index (κ3) is 1.72. The van der Waals surface area contributed by atoms with Gasteiger partial charge in [0.2, 0.25) is 0 Å². The van der Waals surface area contributed by atoms with Crippen LogP contribution in [0, 0.1) is 25.2 Å². The molecule has 0 saturated heterocycles. The Kier molecular flexibility index (Phi) is 2.73. The maximum atomic E-state index is 9.21. The second kappa shape index (κ2) is 3.91. The van der Waals surface area contributed by atoms with E-state index >= 15 is 0 Å². The van der Waals surface area contributed by atoms with Gasteiger partial charge in [0.05, 0.1) is 17.8 Å². The van der Waals surface area contributed by atoms with Gasteiger partial charge in [-0.25, -0.2) is 0 Å². The van der Waals surface area contributed by atoms with Gasteiger partial charge in [0, 0.05) is 12.1 Å². The number of aromatic nitrogens is 2. The predicted molar refractivity (Wildman–Crippen MR) is 62.0 cm³/mol. The minimum Gasteiger partial charge on any atom is -0.302 e. The second-order valence-electron chi connectivity index (χ2n) is 4.71. The Morgan fingerprint density at radius 1 is 1.62 bits per heavy atom. The lowest BCUT2D eigenvalue weighted by Gasteiger charge is -2.20. The zero-order valence-electron chi connectivity index (χ0n) is 10.1. The van der Waals surface area contributed by atoms with Gasteiger partial charge in [0.25, 0.3) is 0 Å². The quantitative estimate of drug-likeness (QED) is 0.822. The van der Waals surface area contributed by atoms with Gasteiger partial charge in [-0.1, -0.05) is 0 Å². The van der Waals surface area contributed by atoms with E-state index in [4.69, 9.17) is 0 Å². The first-order valence-corrected chi connectivity index (χ1v) is 5.73. The first kappa shape index (κ1) is 11.2. The van der Waals surface area contributed by atoms with Crippen LogP contribution in [0.5, 0.6) is 0 Å². The van der Waals surface area contributed by atoms with Gasteiger partial charge in [-0.05, 0) is 39.8 Å². The van der Waals surface area contributed by atoms with Crippen molar-refractivity contribution >= 4 is 0 Å². The molecule has 2 atom stereocenters. The van der Waals surface area contributed by atoms with Gasteiger partial charge < -0.3 is 5.32 Å². The highest BCUT2D eigenvalue weighted by Crippen LogP contribution is 2.37. The van der Waals surface area contributed by atoms with Crippen molar-refractivity contribution in [3.8, 4) is 6.07 Å². The summed E-state index contributed by atoms with van der Waals surface area (Å²) >= 11 is 0. The van der Waals surface area contributed by atoms with E-state index < -0.39 is 0 Å². The number of nitrogens with one attached hydrogen (secondary N) is 1. The molecule has 2 rings (SSSR count). The molecule has 0 radical (unpaired) electrons. The highest BCUT2D eigenvalue weighted by molar-refractivity contribution is 5.15. The lowest BCUT2D eigenvalue weighted by atomic mass is 10.0. The molecule has 16 heavy (non-hydrogen) atoms. The zero-order chi connectivity index (χ0) is 11.8. The third-order valence-corrected chi connectivity index (χ3v) is 3.57. The van der Waals surface area contributed by atoms with E-state index in [1.54, 1.807) is 0 Å². The Labute approximate surface area is 96.3 Å². The molecule has 0 spiro atoms. The molecule has 1 aromatic rings. The van der Waals surface area contributed by atoms with E-state index in [9.17, 15) is 5.26 Å². The summed E-state index contributed by atoms with van der Waals surface area (Å²) in [4.78, 5) is 0. The lowest BCUT2D eigenvalue weighted by molar-refractivity contribution is 0.404. The van der Waals surface area contributed by atoms with Crippen LogP contribution in [0.3, 0.4) is 0 Å². The Hall–Kier alpha value is -1.34. The molecule has 1 fully saturated rings. The molecular weight excluding hydrogens is 200 g/mol. The van der Waals surface area contributed by atoms with E-state index in [1.807, 2.05) is 14.0 Å². The van der Waals surface area contributed by atoms with Gasteiger partial charge in [-0.2, -0.15) is 10.4 Å². The standard InChI is InChI=1S/C12H18N4/c1-9-6-10(2)16(15-9)11-4-5-12(7-11,8-13)14-3/h6,11,14H,4-5,7H2,1-3H3. The van der Waals surface area contributed by atoms with Crippen LogP contribution in [0.15, 0.2) is 6.07 Å². The van der Waals surface area contributed by atoms with Crippen LogP contribution >= 0.6 is 0 Å². The largest absolute Gasteiger partial charge is 0.302 e. The number of rotatable bonds is 2. The van der Waals surface area contributed by atoms with Crippen LogP contribution in [-0.4, -0.2) is 22.4 Å². The molecule has 0 aliphatic heterocycles. The molecule has 1 heterocycles. The Morgan fingerprint density at radius 3 is 2.81 bits per heavy atom. The summed E-state index contributed by atoms with van der Waals surface area (Å²) in [5, 5.41) is 16.9. The number of nitriles is 1. The van der Waals surface area contributed by atoms with Crippen LogP contribution in [-0.2, 0) is 0 Å². The molecule has 0 amide bonds. The maximum Gasteiger partial charge on any atom is 0.108 e. The maximum absolute atomic E-state index is 9.21. The summed E-state index contributed by atoms with van der Waals surface area (Å²) in [7, 11) is 1.87. The normalized spacial score (nSPS) is 29.2. The minimum absolute atomic E-state index is 0.350. The average molecular weight is 218 g/mol. The summed E-state index contributed by atoms with van der Waals surface area (Å²) < 4.78 is 2.08. The molecule has 0 bridgehead atoms. The van der Waals surface area contributed by atoms with Crippen molar-refractivity contribution in [3.63, 3.8) is 0 Å². The van der Waals surface area contributed by atoms with E-state index in [0.717, 1.165) is 25.0 Å². The van der Waals surface area contributed by atoms with Crippen molar-refractivity contribution in [2.24, 2.45) is 0 Å². The van der Waals surface area contributed by atoms with Gasteiger partial charge >= 0.3 is 0 Å². The molecule has 4 heteroatoms. The topological polar surface area (TPSA) is 53.6 Å². The van der Waals surface area contributed by atoms with E-state index in [-0.39, 0.29) is 5.54 Å². The highest BCUT2D eigenvalue weighted by atomic mass is 15.3. The minimum atomic E-state index is -0.350. The molecule has 1 N–H and O–H groups in total. The number of hydrogen-bond donors (Lipinski definition) is 1. The van der Waals surface area contributed by atoms with Crippen LogP contribution in [0.2, 0.25) is 0 Å². The molecule has 2 unspecified atom stereocenters. The van der Waals surface area contributed by atoms with E-state index in [0.29, 0.717) is 6.04 Å². The summed E-state index contributed by atoms with van der Waals surface area (Å²) in [5.74, 6) is 0. The van der Waals surface area contributed by atoms with Crippen molar-refractivity contribution in [2.45, 2.75) is 44.7 Å². The fourth-order valence-electron chi connectivity index (χ4n) is 2.63. The number of hydrogen-bond acceptors (Lipinski definition) is 3.